The van der Waals surface area contributed by atoms with Crippen LogP contribution in [0.25, 0.3) is 21.8 Å². The Morgan fingerprint density at radius 2 is 1.12 bits per heavy atom. The number of carbonyl (C=O) groups is 2. The number of hydrogen-bond acceptors (Lipinski definition) is 2. The van der Waals surface area contributed by atoms with E-state index in [0.29, 0.717) is 0 Å². The number of rotatable bonds is 8. The van der Waals surface area contributed by atoms with E-state index in [-0.39, 0.29) is 0 Å². The maximum atomic E-state index is 11.0. The Bertz CT molecular complexity index is 1140. The molecule has 0 aliphatic carbocycles. The molecule has 2 aromatic carbocycles. The van der Waals surface area contributed by atoms with Crippen molar-refractivity contribution in [2.24, 2.45) is 0 Å². The quantitative estimate of drug-likeness (QED) is 0.103. The van der Waals surface area contributed by atoms with Gasteiger partial charge in [-0.15, -0.1) is 0 Å². The first-order valence-corrected chi connectivity index (χ1v) is 14.7. The van der Waals surface area contributed by atoms with Crippen molar-refractivity contribution in [1.82, 2.24) is 9.13 Å². The van der Waals surface area contributed by atoms with E-state index in [0.717, 1.165) is 89.2 Å². The second-order valence-electron chi connectivity index (χ2n) is 7.20. The van der Waals surface area contributed by atoms with Gasteiger partial charge in [-0.2, -0.15) is 0 Å². The van der Waals surface area contributed by atoms with Crippen LogP contribution >= 0.6 is 77.0 Å². The molecule has 0 amide bonds. The average Bonchev–Trinajstić information content (AvgIpc) is 3.33. The first-order chi connectivity index (χ1) is 15.5. The molecule has 0 fully saturated rings. The predicted molar refractivity (Wildman–Crippen MR) is 157 cm³/mol. The van der Waals surface area contributed by atoms with Gasteiger partial charge >= 0.3 is 0 Å². The zero-order valence-electron chi connectivity index (χ0n) is 17.2. The van der Waals surface area contributed by atoms with E-state index < -0.39 is 0 Å². The highest BCUT2D eigenvalue weighted by molar-refractivity contribution is 14.1. The third-order valence-corrected chi connectivity index (χ3v) is 7.58. The Labute approximate surface area is 231 Å². The van der Waals surface area contributed by atoms with Crippen molar-refractivity contribution in [1.29, 1.82) is 0 Å². The number of benzene rings is 2. The van der Waals surface area contributed by atoms with Gasteiger partial charge in [0, 0.05) is 76.2 Å². The molecule has 0 radical (unpaired) electrons. The molecule has 4 nitrogen and oxygen atoms in total. The zero-order chi connectivity index (χ0) is 23.1. The van der Waals surface area contributed by atoms with Gasteiger partial charge in [0.1, 0.15) is 0 Å². The van der Waals surface area contributed by atoms with Gasteiger partial charge in [0.2, 0.25) is 0 Å². The fraction of sp³-hybridized carbons (Fsp3) is 0.250. The molecular formula is C24H22Br2I2N2O2. The van der Waals surface area contributed by atoms with Gasteiger partial charge in [0.05, 0.1) is 0 Å². The van der Waals surface area contributed by atoms with Crippen molar-refractivity contribution < 1.29 is 9.59 Å². The summed E-state index contributed by atoms with van der Waals surface area (Å²) in [6.45, 7) is 1.93. The average molecular weight is 784 g/mol. The van der Waals surface area contributed by atoms with Gasteiger partial charge in [0.25, 0.3) is 0 Å². The Kier molecular flexibility index (Phi) is 10.2. The molecule has 168 valence electrons. The summed E-state index contributed by atoms with van der Waals surface area (Å²) < 4.78 is 8.59. The molecular weight excluding hydrogens is 762 g/mol. The zero-order valence-corrected chi connectivity index (χ0v) is 24.7. The lowest BCUT2D eigenvalue weighted by atomic mass is 10.2. The molecule has 4 aromatic rings. The first-order valence-electron chi connectivity index (χ1n) is 10.1. The molecule has 0 saturated carbocycles. The van der Waals surface area contributed by atoms with Crippen molar-refractivity contribution >= 4 is 111 Å². The van der Waals surface area contributed by atoms with Crippen LogP contribution in [0.3, 0.4) is 0 Å². The Morgan fingerprint density at radius 1 is 0.719 bits per heavy atom. The van der Waals surface area contributed by atoms with E-state index in [1.807, 2.05) is 36.7 Å². The Morgan fingerprint density at radius 3 is 1.47 bits per heavy atom. The minimum absolute atomic E-state index is 0.768. The normalized spacial score (nSPS) is 10.9. The van der Waals surface area contributed by atoms with Crippen molar-refractivity contribution in [3.8, 4) is 0 Å². The van der Waals surface area contributed by atoms with Gasteiger partial charge in [-0.25, -0.2) is 0 Å². The van der Waals surface area contributed by atoms with Crippen molar-refractivity contribution in [3.63, 3.8) is 0 Å². The molecule has 32 heavy (non-hydrogen) atoms. The largest absolute Gasteiger partial charge is 0.347 e. The van der Waals surface area contributed by atoms with Gasteiger partial charge in [-0.05, 0) is 49.2 Å². The summed E-state index contributed by atoms with van der Waals surface area (Å²) >= 11 is 11.6. The second-order valence-corrected chi connectivity index (χ2v) is 11.2. The number of aromatic nitrogens is 2. The summed E-state index contributed by atoms with van der Waals surface area (Å²) in [5, 5.41) is 2.05. The molecule has 0 N–H and O–H groups in total. The minimum atomic E-state index is 0.768. The number of alkyl halides is 2. The molecule has 0 atom stereocenters. The number of halogens is 4. The maximum Gasteiger partial charge on any atom is 0.152 e. The lowest BCUT2D eigenvalue weighted by molar-refractivity contribution is 0.111. The lowest BCUT2D eigenvalue weighted by Crippen LogP contribution is -1.96. The molecule has 2 aromatic heterocycles. The van der Waals surface area contributed by atoms with Gasteiger partial charge in [0.15, 0.2) is 12.6 Å². The van der Waals surface area contributed by atoms with E-state index in [2.05, 4.69) is 98.3 Å². The number of fused-ring (bicyclic) bond motifs is 2. The second kappa shape index (κ2) is 12.7. The van der Waals surface area contributed by atoms with Crippen LogP contribution in [0.4, 0.5) is 0 Å². The van der Waals surface area contributed by atoms with E-state index in [4.69, 9.17) is 0 Å². The van der Waals surface area contributed by atoms with Crippen LogP contribution in [-0.2, 0) is 13.1 Å². The molecule has 8 heteroatoms. The molecule has 0 saturated heterocycles. The highest BCUT2D eigenvalue weighted by atomic mass is 127. The fourth-order valence-corrected chi connectivity index (χ4v) is 5.02. The van der Waals surface area contributed by atoms with Gasteiger partial charge in [-0.1, -0.05) is 77.0 Å². The van der Waals surface area contributed by atoms with Crippen molar-refractivity contribution in [2.45, 2.75) is 25.9 Å². The Balaban J connectivity index is 0.000000181. The standard InChI is InChI=1S/2C12H11BrINO/c2*13-10-2-3-12-11(6-10)9(8-16)7-15(12)5-1-4-14/h2*2-3,6-8H,1,4-5H2. The number of aldehydes is 2. The minimum Gasteiger partial charge on any atom is -0.347 e. The van der Waals surface area contributed by atoms with Crippen LogP contribution in [0.15, 0.2) is 57.7 Å². The number of hydrogen-bond donors (Lipinski definition) is 0. The topological polar surface area (TPSA) is 44.0 Å². The number of nitrogens with zero attached hydrogens (tertiary/aromatic N) is 2. The van der Waals surface area contributed by atoms with E-state index in [9.17, 15) is 9.59 Å². The summed E-state index contributed by atoms with van der Waals surface area (Å²) in [5.41, 5.74) is 3.81. The molecule has 0 aliphatic heterocycles. The third-order valence-electron chi connectivity index (χ3n) is 5.07. The molecule has 4 rings (SSSR count). The van der Waals surface area contributed by atoms with Crippen LogP contribution in [0.1, 0.15) is 33.6 Å². The maximum absolute atomic E-state index is 11.0. The molecule has 0 bridgehead atoms. The Hall–Kier alpha value is -0.720. The summed E-state index contributed by atoms with van der Waals surface area (Å²) in [6.07, 6.45) is 7.98. The van der Waals surface area contributed by atoms with Gasteiger partial charge in [-0.3, -0.25) is 9.59 Å². The molecule has 2 heterocycles. The van der Waals surface area contributed by atoms with Crippen LogP contribution in [0, 0.1) is 0 Å². The summed E-state index contributed by atoms with van der Waals surface area (Å²) in [5.74, 6) is 0. The number of carbonyl (C=O) groups excluding carboxylic acids is 2. The third kappa shape index (κ3) is 6.24. The smallest absolute Gasteiger partial charge is 0.152 e. The monoisotopic (exact) mass is 782 g/mol. The van der Waals surface area contributed by atoms with Gasteiger partial charge < -0.3 is 9.13 Å². The van der Waals surface area contributed by atoms with E-state index in [1.165, 1.54) is 0 Å². The summed E-state index contributed by atoms with van der Waals surface area (Å²) in [6, 6.07) is 12.1. The van der Waals surface area contributed by atoms with E-state index in [1.54, 1.807) is 0 Å². The summed E-state index contributed by atoms with van der Waals surface area (Å²) in [4.78, 5) is 22.0. The fourth-order valence-electron chi connectivity index (χ4n) is 3.61. The molecule has 0 aliphatic rings. The SMILES string of the molecule is O=Cc1cn(CCCI)c2ccc(Br)cc12.O=Cc1cn(CCCI)c2ccc(Br)cc12. The summed E-state index contributed by atoms with van der Waals surface area (Å²) in [7, 11) is 0. The molecule has 0 spiro atoms. The van der Waals surface area contributed by atoms with Crippen LogP contribution in [0.5, 0.6) is 0 Å². The van der Waals surface area contributed by atoms with Crippen LogP contribution in [-0.4, -0.2) is 30.6 Å². The van der Waals surface area contributed by atoms with Crippen LogP contribution in [0.2, 0.25) is 0 Å². The highest BCUT2D eigenvalue weighted by Crippen LogP contribution is 2.25. The van der Waals surface area contributed by atoms with E-state index >= 15 is 0 Å². The molecule has 0 unspecified atom stereocenters. The first kappa shape index (κ1) is 25.9. The van der Waals surface area contributed by atoms with Crippen molar-refractivity contribution in [3.05, 3.63) is 68.9 Å². The van der Waals surface area contributed by atoms with Crippen LogP contribution < -0.4 is 0 Å². The van der Waals surface area contributed by atoms with Crippen molar-refractivity contribution in [2.75, 3.05) is 8.86 Å². The lowest BCUT2D eigenvalue weighted by Gasteiger charge is -2.03. The number of aryl methyl sites for hydroxylation is 2. The predicted octanol–water partition coefficient (Wildman–Crippen LogP) is 8.08. The highest BCUT2D eigenvalue weighted by Gasteiger charge is 2.08.